The van der Waals surface area contributed by atoms with E-state index in [1.807, 2.05) is 0 Å². The van der Waals surface area contributed by atoms with E-state index in [1.165, 1.54) is 11.2 Å². The van der Waals surface area contributed by atoms with E-state index in [9.17, 15) is 14.7 Å². The van der Waals surface area contributed by atoms with Crippen LogP contribution in [0.5, 0.6) is 11.5 Å². The van der Waals surface area contributed by atoms with Crippen molar-refractivity contribution in [2.75, 3.05) is 14.2 Å². The van der Waals surface area contributed by atoms with E-state index in [2.05, 4.69) is 0 Å². The topological polar surface area (TPSA) is 89.2 Å². The van der Waals surface area contributed by atoms with Crippen LogP contribution < -0.4 is 9.47 Å². The Morgan fingerprint density at radius 3 is 2.13 bits per heavy atom. The number of ketones is 1. The number of hydrogen-bond donors (Lipinski definition) is 1. The lowest BCUT2D eigenvalue weighted by atomic mass is 9.95. The number of carbonyl (C=O) groups excluding carboxylic acids is 2. The number of likely N-dealkylation sites (tertiary alicyclic amines) is 1. The molecule has 1 aliphatic rings. The largest absolute Gasteiger partial charge is 0.507 e. The molecule has 0 spiro atoms. The summed E-state index contributed by atoms with van der Waals surface area (Å²) in [6.45, 7) is 0.0909. The average molecular weight is 419 g/mol. The number of Topliss-reactive ketones (excluding diaryl/α,β-unsaturated/α-hetero) is 1. The highest BCUT2D eigenvalue weighted by Crippen LogP contribution is 2.40. The smallest absolute Gasteiger partial charge is 0.296 e. The summed E-state index contributed by atoms with van der Waals surface area (Å²) in [4.78, 5) is 27.3. The van der Waals surface area contributed by atoms with Gasteiger partial charge in [-0.3, -0.25) is 9.59 Å². The van der Waals surface area contributed by atoms with Crippen molar-refractivity contribution >= 4 is 17.4 Å². The molecule has 0 aliphatic carbocycles. The monoisotopic (exact) mass is 419 g/mol. The van der Waals surface area contributed by atoms with Crippen molar-refractivity contribution in [3.63, 3.8) is 0 Å². The van der Waals surface area contributed by atoms with Gasteiger partial charge in [0.15, 0.2) is 0 Å². The van der Waals surface area contributed by atoms with Crippen LogP contribution in [0.4, 0.5) is 0 Å². The minimum absolute atomic E-state index is 0.0203. The Balaban J connectivity index is 1.83. The number of ether oxygens (including phenoxy) is 2. The molecule has 1 unspecified atom stereocenters. The summed E-state index contributed by atoms with van der Waals surface area (Å²) in [5.41, 5.74) is 1.10. The van der Waals surface area contributed by atoms with Crippen LogP contribution in [-0.2, 0) is 16.1 Å². The second-order valence-corrected chi connectivity index (χ2v) is 7.01. The average Bonchev–Trinajstić information content (AvgIpc) is 3.41. The molecule has 1 aliphatic heterocycles. The summed E-state index contributed by atoms with van der Waals surface area (Å²) in [7, 11) is 3.10. The van der Waals surface area contributed by atoms with Gasteiger partial charge >= 0.3 is 0 Å². The molecule has 1 fully saturated rings. The molecule has 7 nitrogen and oxygen atoms in total. The zero-order valence-electron chi connectivity index (χ0n) is 17.1. The molecule has 1 atom stereocenters. The van der Waals surface area contributed by atoms with Gasteiger partial charge in [-0.25, -0.2) is 0 Å². The van der Waals surface area contributed by atoms with Gasteiger partial charge in [-0.15, -0.1) is 0 Å². The molecule has 0 saturated carbocycles. The van der Waals surface area contributed by atoms with Gasteiger partial charge in [0.05, 0.1) is 38.6 Å². The Morgan fingerprint density at radius 1 is 0.968 bits per heavy atom. The van der Waals surface area contributed by atoms with Crippen LogP contribution in [0.3, 0.4) is 0 Å². The minimum atomic E-state index is -0.780. The third-order valence-corrected chi connectivity index (χ3v) is 5.24. The third kappa shape index (κ3) is 3.77. The van der Waals surface area contributed by atoms with Gasteiger partial charge < -0.3 is 23.9 Å². The Bertz CT molecular complexity index is 1110. The van der Waals surface area contributed by atoms with Crippen LogP contribution in [0, 0.1) is 0 Å². The van der Waals surface area contributed by atoms with E-state index in [0.29, 0.717) is 28.4 Å². The number of hydrogen-bond acceptors (Lipinski definition) is 6. The van der Waals surface area contributed by atoms with E-state index in [4.69, 9.17) is 13.9 Å². The molecule has 1 amide bonds. The molecule has 0 bridgehead atoms. The predicted octanol–water partition coefficient (Wildman–Crippen LogP) is 3.92. The first kappa shape index (κ1) is 20.3. The van der Waals surface area contributed by atoms with Gasteiger partial charge in [0.1, 0.15) is 23.0 Å². The maximum Gasteiger partial charge on any atom is 0.296 e. The van der Waals surface area contributed by atoms with Gasteiger partial charge in [-0.1, -0.05) is 12.1 Å². The van der Waals surface area contributed by atoms with Gasteiger partial charge in [-0.05, 0) is 54.1 Å². The number of methoxy groups -OCH3 is 2. The highest BCUT2D eigenvalue weighted by Gasteiger charge is 2.46. The summed E-state index contributed by atoms with van der Waals surface area (Å²) < 4.78 is 15.8. The summed E-state index contributed by atoms with van der Waals surface area (Å²) in [5, 5.41) is 11.0. The quantitative estimate of drug-likeness (QED) is 0.370. The number of nitrogens with zero attached hydrogens (tertiary/aromatic N) is 1. The highest BCUT2D eigenvalue weighted by molar-refractivity contribution is 6.46. The number of aliphatic hydroxyl groups excluding tert-OH is 1. The predicted molar refractivity (Wildman–Crippen MR) is 113 cm³/mol. The fourth-order valence-electron chi connectivity index (χ4n) is 3.65. The normalized spacial score (nSPS) is 17.7. The van der Waals surface area contributed by atoms with Crippen molar-refractivity contribution in [3.8, 4) is 11.5 Å². The van der Waals surface area contributed by atoms with Crippen molar-refractivity contribution in [2.24, 2.45) is 0 Å². The molecule has 4 rings (SSSR count). The molecule has 31 heavy (non-hydrogen) atoms. The first-order chi connectivity index (χ1) is 15.0. The number of benzene rings is 2. The van der Waals surface area contributed by atoms with Crippen molar-refractivity contribution < 1.29 is 28.6 Å². The molecule has 3 aromatic rings. The zero-order chi connectivity index (χ0) is 22.0. The second kappa shape index (κ2) is 8.39. The molecule has 7 heteroatoms. The molecule has 1 N–H and O–H groups in total. The first-order valence-electron chi connectivity index (χ1n) is 9.62. The van der Waals surface area contributed by atoms with Crippen molar-refractivity contribution in [3.05, 3.63) is 89.4 Å². The second-order valence-electron chi connectivity index (χ2n) is 7.01. The van der Waals surface area contributed by atoms with Gasteiger partial charge in [0.2, 0.25) is 0 Å². The third-order valence-electron chi connectivity index (χ3n) is 5.24. The summed E-state index contributed by atoms with van der Waals surface area (Å²) in [6, 6.07) is 16.3. The zero-order valence-corrected chi connectivity index (χ0v) is 17.1. The number of amides is 1. The van der Waals surface area contributed by atoms with Crippen LogP contribution in [-0.4, -0.2) is 35.9 Å². The minimum Gasteiger partial charge on any atom is -0.507 e. The van der Waals surface area contributed by atoms with E-state index in [1.54, 1.807) is 74.9 Å². The lowest BCUT2D eigenvalue weighted by molar-refractivity contribution is -0.140. The number of rotatable bonds is 6. The summed E-state index contributed by atoms with van der Waals surface area (Å²) in [5.74, 6) is 0.0880. The number of aliphatic hydroxyl groups is 1. The van der Waals surface area contributed by atoms with E-state index in [-0.39, 0.29) is 17.9 Å². The Labute approximate surface area is 179 Å². The van der Waals surface area contributed by atoms with Crippen molar-refractivity contribution in [1.82, 2.24) is 4.90 Å². The Hall–Kier alpha value is -4.00. The molecule has 1 aromatic heterocycles. The van der Waals surface area contributed by atoms with Gasteiger partial charge in [0, 0.05) is 5.56 Å². The van der Waals surface area contributed by atoms with Crippen LogP contribution >= 0.6 is 0 Å². The lowest BCUT2D eigenvalue weighted by Gasteiger charge is -2.24. The van der Waals surface area contributed by atoms with Gasteiger partial charge in [-0.2, -0.15) is 0 Å². The van der Waals surface area contributed by atoms with Crippen molar-refractivity contribution in [2.45, 2.75) is 12.6 Å². The molecule has 0 radical (unpaired) electrons. The fraction of sp³-hybridized carbons (Fsp3) is 0.167. The molecular formula is C24H21NO6. The molecule has 2 aromatic carbocycles. The number of carbonyl (C=O) groups is 2. The molecule has 2 heterocycles. The van der Waals surface area contributed by atoms with E-state index in [0.717, 1.165) is 0 Å². The summed E-state index contributed by atoms with van der Waals surface area (Å²) >= 11 is 0. The van der Waals surface area contributed by atoms with Crippen molar-refractivity contribution in [1.29, 1.82) is 0 Å². The van der Waals surface area contributed by atoms with E-state index >= 15 is 0 Å². The standard InChI is InChI=1S/C24H21NO6/c1-29-17-9-5-15(6-10-17)21-20(22(26)16-7-11-18(30-2)12-8-16)23(27)24(28)25(21)14-19-4-3-13-31-19/h3-13,21,26H,14H2,1-2H3. The van der Waals surface area contributed by atoms with Crippen LogP contribution in [0.2, 0.25) is 0 Å². The lowest BCUT2D eigenvalue weighted by Crippen LogP contribution is -2.29. The van der Waals surface area contributed by atoms with Gasteiger partial charge in [0.25, 0.3) is 11.7 Å². The maximum absolute atomic E-state index is 13.0. The Kier molecular flexibility index (Phi) is 5.49. The molecule has 1 saturated heterocycles. The Morgan fingerprint density at radius 2 is 1.58 bits per heavy atom. The number of furan rings is 1. The van der Waals surface area contributed by atoms with Crippen LogP contribution in [0.1, 0.15) is 22.9 Å². The molecular weight excluding hydrogens is 398 g/mol. The van der Waals surface area contributed by atoms with Crippen LogP contribution in [0.15, 0.2) is 76.9 Å². The molecule has 158 valence electrons. The van der Waals surface area contributed by atoms with Crippen LogP contribution in [0.25, 0.3) is 5.76 Å². The summed E-state index contributed by atoms with van der Waals surface area (Å²) in [6.07, 6.45) is 1.51. The maximum atomic E-state index is 13.0. The van der Waals surface area contributed by atoms with E-state index < -0.39 is 17.7 Å². The first-order valence-corrected chi connectivity index (χ1v) is 9.62. The SMILES string of the molecule is COc1ccc(C(O)=C2C(=O)C(=O)N(Cc3ccco3)C2c2ccc(OC)cc2)cc1. The fourth-order valence-corrected chi connectivity index (χ4v) is 3.65. The highest BCUT2D eigenvalue weighted by atomic mass is 16.5.